The summed E-state index contributed by atoms with van der Waals surface area (Å²) in [6.45, 7) is 0.565. The van der Waals surface area contributed by atoms with Gasteiger partial charge in [-0.3, -0.25) is 4.79 Å². The predicted octanol–water partition coefficient (Wildman–Crippen LogP) is 3.58. The number of carbonyl (C=O) groups excluding carboxylic acids is 2. The molecule has 0 aliphatic rings. The van der Waals surface area contributed by atoms with Crippen molar-refractivity contribution in [3.05, 3.63) is 89.6 Å². The lowest BCUT2D eigenvalue weighted by atomic mass is 10.1. The molecule has 0 saturated carbocycles. The van der Waals surface area contributed by atoms with Gasteiger partial charge in [-0.2, -0.15) is 0 Å². The van der Waals surface area contributed by atoms with Gasteiger partial charge in [0.1, 0.15) is 5.82 Å². The van der Waals surface area contributed by atoms with Gasteiger partial charge >= 0.3 is 5.97 Å². The van der Waals surface area contributed by atoms with E-state index in [4.69, 9.17) is 0 Å². The van der Waals surface area contributed by atoms with Crippen LogP contribution in [0.5, 0.6) is 0 Å². The maximum Gasteiger partial charge on any atom is 0.337 e. The van der Waals surface area contributed by atoms with E-state index >= 15 is 0 Å². The summed E-state index contributed by atoms with van der Waals surface area (Å²) in [7, 11) is 1.35. The van der Waals surface area contributed by atoms with Crippen LogP contribution in [0.4, 0.5) is 11.5 Å². The number of anilines is 2. The fraction of sp³-hybridized carbons (Fsp3) is 0.136. The average Bonchev–Trinajstić information content (AvgIpc) is 2.75. The van der Waals surface area contributed by atoms with Gasteiger partial charge in [-0.25, -0.2) is 9.78 Å². The fourth-order valence-corrected chi connectivity index (χ4v) is 2.62. The minimum atomic E-state index is -0.382. The number of amides is 1. The largest absolute Gasteiger partial charge is 0.465 e. The van der Waals surface area contributed by atoms with Crippen LogP contribution >= 0.6 is 0 Å². The summed E-state index contributed by atoms with van der Waals surface area (Å²) in [4.78, 5) is 27.9. The number of nitrogens with zero attached hydrogens (tertiary/aromatic N) is 1. The molecule has 0 atom stereocenters. The van der Waals surface area contributed by atoms with Crippen molar-refractivity contribution in [2.75, 3.05) is 19.0 Å². The molecule has 0 unspecified atom stereocenters. The lowest BCUT2D eigenvalue weighted by Gasteiger charge is -2.08. The molecule has 0 spiro atoms. The van der Waals surface area contributed by atoms with Crippen LogP contribution in [0.3, 0.4) is 0 Å². The van der Waals surface area contributed by atoms with Crippen molar-refractivity contribution in [1.29, 1.82) is 0 Å². The molecule has 1 heterocycles. The number of esters is 1. The predicted molar refractivity (Wildman–Crippen MR) is 108 cm³/mol. The molecule has 2 N–H and O–H groups in total. The molecule has 2 aromatic carbocycles. The lowest BCUT2D eigenvalue weighted by molar-refractivity contribution is 0.0600. The first kappa shape index (κ1) is 19.1. The second kappa shape index (κ2) is 9.32. The van der Waals surface area contributed by atoms with Crippen LogP contribution in [0, 0.1) is 0 Å². The number of hydrogen-bond acceptors (Lipinski definition) is 5. The topological polar surface area (TPSA) is 80.3 Å². The second-order valence-electron chi connectivity index (χ2n) is 6.12. The van der Waals surface area contributed by atoms with Gasteiger partial charge in [-0.15, -0.1) is 0 Å². The number of pyridine rings is 1. The van der Waals surface area contributed by atoms with Gasteiger partial charge < -0.3 is 15.4 Å². The Labute approximate surface area is 163 Å². The Bertz CT molecular complexity index is 924. The maximum absolute atomic E-state index is 12.2. The summed E-state index contributed by atoms with van der Waals surface area (Å²) >= 11 is 0. The number of hydrogen-bond donors (Lipinski definition) is 2. The lowest BCUT2D eigenvalue weighted by Crippen LogP contribution is -2.25. The summed E-state index contributed by atoms with van der Waals surface area (Å²) < 4.78 is 4.67. The molecule has 0 fully saturated rings. The summed E-state index contributed by atoms with van der Waals surface area (Å²) in [6, 6.07) is 20.3. The minimum Gasteiger partial charge on any atom is -0.465 e. The minimum absolute atomic E-state index is 0.155. The van der Waals surface area contributed by atoms with E-state index in [0.717, 1.165) is 12.1 Å². The third-order valence-corrected chi connectivity index (χ3v) is 4.15. The van der Waals surface area contributed by atoms with Crippen LogP contribution in [0.15, 0.2) is 72.9 Å². The molecule has 0 bridgehead atoms. The van der Waals surface area contributed by atoms with Crippen LogP contribution in [0.25, 0.3) is 0 Å². The van der Waals surface area contributed by atoms with Crippen molar-refractivity contribution in [3.8, 4) is 0 Å². The number of rotatable bonds is 7. The van der Waals surface area contributed by atoms with Crippen LogP contribution in [0.2, 0.25) is 0 Å². The van der Waals surface area contributed by atoms with E-state index < -0.39 is 0 Å². The normalized spacial score (nSPS) is 10.2. The Morgan fingerprint density at radius 2 is 1.64 bits per heavy atom. The Hall–Kier alpha value is -3.67. The van der Waals surface area contributed by atoms with Crippen LogP contribution in [0.1, 0.15) is 26.3 Å². The third kappa shape index (κ3) is 5.17. The highest BCUT2D eigenvalue weighted by Gasteiger charge is 2.07. The maximum atomic E-state index is 12.2. The van der Waals surface area contributed by atoms with Gasteiger partial charge in [0.05, 0.1) is 18.2 Å². The quantitative estimate of drug-likeness (QED) is 0.617. The summed E-state index contributed by atoms with van der Waals surface area (Å²) in [6.07, 6.45) is 2.31. The Kier molecular flexibility index (Phi) is 6.36. The molecular weight excluding hydrogens is 354 g/mol. The molecule has 28 heavy (non-hydrogen) atoms. The summed E-state index contributed by atoms with van der Waals surface area (Å²) in [5.41, 5.74) is 2.93. The summed E-state index contributed by atoms with van der Waals surface area (Å²) in [5, 5.41) is 6.02. The van der Waals surface area contributed by atoms with Crippen molar-refractivity contribution < 1.29 is 14.3 Å². The molecule has 1 aromatic heterocycles. The molecular formula is C22H21N3O3. The van der Waals surface area contributed by atoms with E-state index in [1.807, 2.05) is 30.3 Å². The van der Waals surface area contributed by atoms with E-state index in [0.29, 0.717) is 23.5 Å². The number of aromatic nitrogens is 1. The number of benzene rings is 2. The second-order valence-corrected chi connectivity index (χ2v) is 6.12. The molecule has 142 valence electrons. The number of nitrogens with one attached hydrogen (secondary N) is 2. The summed E-state index contributed by atoms with van der Waals surface area (Å²) in [5.74, 6) is 0.0661. The molecule has 0 radical (unpaired) electrons. The number of methoxy groups -OCH3 is 1. The highest BCUT2D eigenvalue weighted by molar-refractivity contribution is 5.94. The Morgan fingerprint density at radius 3 is 2.29 bits per heavy atom. The highest BCUT2D eigenvalue weighted by Crippen LogP contribution is 2.16. The molecule has 0 aliphatic carbocycles. The van der Waals surface area contributed by atoms with Gasteiger partial charge in [0, 0.05) is 18.4 Å². The highest BCUT2D eigenvalue weighted by atomic mass is 16.5. The molecule has 3 rings (SSSR count). The number of carbonyl (C=O) groups is 2. The van der Waals surface area contributed by atoms with Crippen molar-refractivity contribution in [2.45, 2.75) is 6.42 Å². The van der Waals surface area contributed by atoms with E-state index in [1.54, 1.807) is 36.4 Å². The van der Waals surface area contributed by atoms with Crippen molar-refractivity contribution in [2.24, 2.45) is 0 Å². The molecule has 0 aliphatic heterocycles. The van der Waals surface area contributed by atoms with E-state index in [9.17, 15) is 9.59 Å². The fourth-order valence-electron chi connectivity index (χ4n) is 2.62. The van der Waals surface area contributed by atoms with Gasteiger partial charge in [-0.05, 0) is 48.4 Å². The van der Waals surface area contributed by atoms with E-state index in [1.165, 1.54) is 18.9 Å². The standard InChI is InChI=1S/C22H21N3O3/c1-28-22(27)17-7-10-19(11-8-17)25-20-12-9-18(15-24-20)21(26)23-14-13-16-5-3-2-4-6-16/h2-12,15H,13-14H2,1H3,(H,23,26)(H,24,25). The third-order valence-electron chi connectivity index (χ3n) is 4.15. The molecule has 6 heteroatoms. The van der Waals surface area contributed by atoms with Crippen molar-refractivity contribution in [1.82, 2.24) is 10.3 Å². The number of ether oxygens (including phenoxy) is 1. The molecule has 1 amide bonds. The van der Waals surface area contributed by atoms with Crippen LogP contribution < -0.4 is 10.6 Å². The Morgan fingerprint density at radius 1 is 0.929 bits per heavy atom. The Balaban J connectivity index is 1.52. The van der Waals surface area contributed by atoms with Gasteiger partial charge in [0.25, 0.3) is 5.91 Å². The monoisotopic (exact) mass is 375 g/mol. The van der Waals surface area contributed by atoms with Crippen molar-refractivity contribution >= 4 is 23.4 Å². The first-order chi connectivity index (χ1) is 13.7. The molecule has 3 aromatic rings. The first-order valence-corrected chi connectivity index (χ1v) is 8.89. The molecule has 6 nitrogen and oxygen atoms in total. The van der Waals surface area contributed by atoms with Crippen LogP contribution in [-0.2, 0) is 11.2 Å². The zero-order chi connectivity index (χ0) is 19.8. The van der Waals surface area contributed by atoms with Gasteiger partial charge in [0.2, 0.25) is 0 Å². The van der Waals surface area contributed by atoms with Gasteiger partial charge in [0.15, 0.2) is 0 Å². The first-order valence-electron chi connectivity index (χ1n) is 8.89. The SMILES string of the molecule is COC(=O)c1ccc(Nc2ccc(C(=O)NCCc3ccccc3)cn2)cc1. The van der Waals surface area contributed by atoms with Crippen LogP contribution in [-0.4, -0.2) is 30.5 Å². The smallest absolute Gasteiger partial charge is 0.337 e. The molecule has 0 saturated heterocycles. The van der Waals surface area contributed by atoms with E-state index in [-0.39, 0.29) is 11.9 Å². The van der Waals surface area contributed by atoms with E-state index in [2.05, 4.69) is 20.4 Å². The average molecular weight is 375 g/mol. The zero-order valence-corrected chi connectivity index (χ0v) is 15.5. The van der Waals surface area contributed by atoms with Gasteiger partial charge in [-0.1, -0.05) is 30.3 Å². The van der Waals surface area contributed by atoms with Crippen molar-refractivity contribution in [3.63, 3.8) is 0 Å². The zero-order valence-electron chi connectivity index (χ0n) is 15.5.